The molecule has 2 N–H and O–H groups in total. The van der Waals surface area contributed by atoms with Crippen LogP contribution in [-0.4, -0.2) is 9.97 Å². The third-order valence-electron chi connectivity index (χ3n) is 4.31. The van der Waals surface area contributed by atoms with Gasteiger partial charge in [0.1, 0.15) is 5.75 Å². The van der Waals surface area contributed by atoms with E-state index >= 15 is 0 Å². The van der Waals surface area contributed by atoms with Gasteiger partial charge in [-0.3, -0.25) is 0 Å². The molecule has 2 aromatic carbocycles. The van der Waals surface area contributed by atoms with Gasteiger partial charge in [-0.15, -0.1) is 0 Å². The Labute approximate surface area is 164 Å². The van der Waals surface area contributed by atoms with Crippen LogP contribution in [0.1, 0.15) is 25.0 Å². The van der Waals surface area contributed by atoms with Crippen LogP contribution in [0, 0.1) is 19.7 Å². The number of nitrogens with zero attached hydrogens (tertiary/aromatic N) is 2. The predicted octanol–water partition coefficient (Wildman–Crippen LogP) is 6.02. The molecule has 6 heteroatoms. The molecule has 0 unspecified atom stereocenters. The molecule has 1 heterocycles. The lowest BCUT2D eigenvalue weighted by Gasteiger charge is -2.11. The number of benzene rings is 2. The molecule has 144 valence electrons. The minimum atomic E-state index is -0.519. The van der Waals surface area contributed by atoms with E-state index in [9.17, 15) is 4.39 Å². The summed E-state index contributed by atoms with van der Waals surface area (Å²) in [6.07, 6.45) is 3.04. The summed E-state index contributed by atoms with van der Waals surface area (Å²) in [5.74, 6) is 1.45. The molecule has 0 radical (unpaired) electrons. The quantitative estimate of drug-likeness (QED) is 0.514. The number of halogens is 1. The van der Waals surface area contributed by atoms with Gasteiger partial charge in [0.25, 0.3) is 0 Å². The van der Waals surface area contributed by atoms with Crippen LogP contribution < -0.4 is 15.4 Å². The summed E-state index contributed by atoms with van der Waals surface area (Å²) in [6, 6.07) is 13.2. The Morgan fingerprint density at radius 2 is 1.71 bits per heavy atom. The van der Waals surface area contributed by atoms with Crippen molar-refractivity contribution in [1.82, 2.24) is 9.97 Å². The van der Waals surface area contributed by atoms with E-state index in [1.54, 1.807) is 0 Å². The van der Waals surface area contributed by atoms with Gasteiger partial charge in [-0.25, -0.2) is 9.37 Å². The summed E-state index contributed by atoms with van der Waals surface area (Å²) >= 11 is 0. The van der Waals surface area contributed by atoms with Crippen molar-refractivity contribution in [2.24, 2.45) is 0 Å². The Balaban J connectivity index is 1.74. The van der Waals surface area contributed by atoms with Crippen LogP contribution in [0.4, 0.5) is 27.5 Å². The highest BCUT2D eigenvalue weighted by atomic mass is 19.1. The number of nitrogens with one attached hydrogen (secondary N) is 2. The highest BCUT2D eigenvalue weighted by Crippen LogP contribution is 2.23. The largest absolute Gasteiger partial charge is 0.462 e. The number of ether oxygens (including phenoxy) is 1. The van der Waals surface area contributed by atoms with Crippen LogP contribution in [0.5, 0.6) is 5.75 Å². The average molecular weight is 378 g/mol. The van der Waals surface area contributed by atoms with Crippen molar-refractivity contribution in [2.45, 2.75) is 27.7 Å². The van der Waals surface area contributed by atoms with Crippen molar-refractivity contribution in [1.29, 1.82) is 0 Å². The molecule has 0 saturated carbocycles. The van der Waals surface area contributed by atoms with Crippen molar-refractivity contribution in [3.63, 3.8) is 0 Å². The van der Waals surface area contributed by atoms with E-state index in [1.807, 2.05) is 76.2 Å². The number of hydrogen-bond acceptors (Lipinski definition) is 5. The van der Waals surface area contributed by atoms with Crippen LogP contribution in [0.2, 0.25) is 0 Å². The van der Waals surface area contributed by atoms with Gasteiger partial charge in [0, 0.05) is 11.4 Å². The van der Waals surface area contributed by atoms with E-state index in [0.29, 0.717) is 5.95 Å². The summed E-state index contributed by atoms with van der Waals surface area (Å²) < 4.78 is 19.8. The molecule has 0 aliphatic heterocycles. The first kappa shape index (κ1) is 19.4. The van der Waals surface area contributed by atoms with Crippen molar-refractivity contribution in [3.05, 3.63) is 77.4 Å². The number of allylic oxidation sites excluding steroid dienone is 2. The molecule has 3 rings (SSSR count). The molecule has 0 aliphatic rings. The summed E-state index contributed by atoms with van der Waals surface area (Å²) in [5.41, 5.74) is 3.84. The number of aryl methyl sites for hydroxylation is 2. The molecule has 5 nitrogen and oxygen atoms in total. The zero-order chi connectivity index (χ0) is 20.1. The first-order valence-corrected chi connectivity index (χ1v) is 8.99. The molecule has 1 aromatic heterocycles. The van der Waals surface area contributed by atoms with Gasteiger partial charge < -0.3 is 15.4 Å². The molecule has 0 aliphatic carbocycles. The van der Waals surface area contributed by atoms with Gasteiger partial charge in [-0.1, -0.05) is 6.07 Å². The number of rotatable bonds is 6. The number of hydrogen-bond donors (Lipinski definition) is 2. The Bertz CT molecular complexity index is 1000. The predicted molar refractivity (Wildman–Crippen MR) is 111 cm³/mol. The van der Waals surface area contributed by atoms with Gasteiger partial charge in [0.2, 0.25) is 5.95 Å². The zero-order valence-electron chi connectivity index (χ0n) is 16.4. The van der Waals surface area contributed by atoms with Crippen LogP contribution >= 0.6 is 0 Å². The Morgan fingerprint density at radius 3 is 2.39 bits per heavy atom. The van der Waals surface area contributed by atoms with Crippen molar-refractivity contribution < 1.29 is 9.13 Å². The van der Waals surface area contributed by atoms with E-state index in [2.05, 4.69) is 20.6 Å². The second-order valence-electron chi connectivity index (χ2n) is 6.46. The normalized spacial score (nSPS) is 11.2. The molecule has 0 amide bonds. The van der Waals surface area contributed by atoms with Crippen molar-refractivity contribution >= 4 is 23.1 Å². The smallest absolute Gasteiger partial charge is 0.229 e. The maximum atomic E-state index is 14.1. The Hall–Kier alpha value is -3.41. The third kappa shape index (κ3) is 4.85. The van der Waals surface area contributed by atoms with Crippen molar-refractivity contribution in [3.8, 4) is 5.75 Å². The standard InChI is InChI=1S/C22H23FN4O/c1-5-16(4)28-19-10-8-17(9-11-19)26-22-24-13-20(23)21(27-22)25-18-7-6-14(2)15(3)12-18/h5-13H,1-4H3,(H2,24,25,26,27). The Morgan fingerprint density at radius 1 is 1.00 bits per heavy atom. The minimum Gasteiger partial charge on any atom is -0.462 e. The lowest BCUT2D eigenvalue weighted by molar-refractivity contribution is 0.427. The fraction of sp³-hybridized carbons (Fsp3) is 0.182. The molecule has 28 heavy (non-hydrogen) atoms. The summed E-state index contributed by atoms with van der Waals surface area (Å²) in [5, 5.41) is 6.08. The summed E-state index contributed by atoms with van der Waals surface area (Å²) in [6.45, 7) is 7.85. The van der Waals surface area contributed by atoms with Gasteiger partial charge in [0.15, 0.2) is 11.6 Å². The summed E-state index contributed by atoms with van der Waals surface area (Å²) in [7, 11) is 0. The number of anilines is 4. The molecule has 0 saturated heterocycles. The van der Waals surface area contributed by atoms with Crippen LogP contribution in [-0.2, 0) is 0 Å². The maximum absolute atomic E-state index is 14.1. The highest BCUT2D eigenvalue weighted by Gasteiger charge is 2.09. The van der Waals surface area contributed by atoms with E-state index in [-0.39, 0.29) is 5.82 Å². The SMILES string of the molecule is CC=C(C)Oc1ccc(Nc2ncc(F)c(Nc3ccc(C)c(C)c3)n2)cc1. The lowest BCUT2D eigenvalue weighted by atomic mass is 10.1. The van der Waals surface area contributed by atoms with E-state index in [4.69, 9.17) is 4.74 Å². The van der Waals surface area contributed by atoms with E-state index < -0.39 is 5.82 Å². The molecule has 0 fully saturated rings. The fourth-order valence-corrected chi connectivity index (χ4v) is 2.45. The molecule has 3 aromatic rings. The summed E-state index contributed by atoms with van der Waals surface area (Å²) in [4.78, 5) is 8.26. The van der Waals surface area contributed by atoms with Gasteiger partial charge in [0.05, 0.1) is 12.0 Å². The molecular formula is C22H23FN4O. The van der Waals surface area contributed by atoms with Crippen molar-refractivity contribution in [2.75, 3.05) is 10.6 Å². The van der Waals surface area contributed by atoms with Gasteiger partial charge in [-0.05, 0) is 81.3 Å². The van der Waals surface area contributed by atoms with E-state index in [1.165, 1.54) is 5.56 Å². The topological polar surface area (TPSA) is 59.1 Å². The van der Waals surface area contributed by atoms with Crippen LogP contribution in [0.25, 0.3) is 0 Å². The van der Waals surface area contributed by atoms with E-state index in [0.717, 1.165) is 34.6 Å². The highest BCUT2D eigenvalue weighted by molar-refractivity contribution is 5.61. The molecule has 0 spiro atoms. The molecular weight excluding hydrogens is 355 g/mol. The van der Waals surface area contributed by atoms with Crippen LogP contribution in [0.15, 0.2) is 60.5 Å². The van der Waals surface area contributed by atoms with Gasteiger partial charge >= 0.3 is 0 Å². The lowest BCUT2D eigenvalue weighted by Crippen LogP contribution is -2.03. The third-order valence-corrected chi connectivity index (χ3v) is 4.31. The van der Waals surface area contributed by atoms with Crippen LogP contribution in [0.3, 0.4) is 0 Å². The Kier molecular flexibility index (Phi) is 5.89. The zero-order valence-corrected chi connectivity index (χ0v) is 16.4. The maximum Gasteiger partial charge on any atom is 0.229 e. The monoisotopic (exact) mass is 378 g/mol. The number of aromatic nitrogens is 2. The second kappa shape index (κ2) is 8.52. The fourth-order valence-electron chi connectivity index (χ4n) is 2.45. The van der Waals surface area contributed by atoms with Gasteiger partial charge in [-0.2, -0.15) is 4.98 Å². The molecule has 0 atom stereocenters. The minimum absolute atomic E-state index is 0.115. The second-order valence-corrected chi connectivity index (χ2v) is 6.46. The first-order chi connectivity index (χ1) is 13.4. The molecule has 0 bridgehead atoms. The first-order valence-electron chi connectivity index (χ1n) is 8.99. The average Bonchev–Trinajstić information content (AvgIpc) is 2.69.